The van der Waals surface area contributed by atoms with Gasteiger partial charge in [-0.05, 0) is 57.0 Å². The summed E-state index contributed by atoms with van der Waals surface area (Å²) in [6.07, 6.45) is 4.76. The molecule has 0 saturated heterocycles. The van der Waals surface area contributed by atoms with Crippen molar-refractivity contribution in [3.8, 4) is 5.69 Å². The fourth-order valence-corrected chi connectivity index (χ4v) is 4.86. The molecule has 0 unspecified atom stereocenters. The number of aryl methyl sites for hydroxylation is 1. The van der Waals surface area contributed by atoms with E-state index in [4.69, 9.17) is 5.73 Å². The number of aromatic nitrogens is 5. The Morgan fingerprint density at radius 2 is 1.95 bits per heavy atom. The molecule has 12 heteroatoms. The number of benzene rings is 1. The van der Waals surface area contributed by atoms with Crippen LogP contribution < -0.4 is 16.4 Å². The van der Waals surface area contributed by atoms with Gasteiger partial charge in [0.1, 0.15) is 11.3 Å². The Hall–Kier alpha value is -3.93. The summed E-state index contributed by atoms with van der Waals surface area (Å²) < 4.78 is 44.6. The molecular weight excluding hydrogens is 497 g/mol. The highest BCUT2D eigenvalue weighted by Gasteiger charge is 2.32. The quantitative estimate of drug-likeness (QED) is 0.282. The number of carbonyl (C=O) groups is 1. The zero-order valence-electron chi connectivity index (χ0n) is 20.9. The molecule has 0 radical (unpaired) electrons. The number of rotatable bonds is 8. The zero-order chi connectivity index (χ0) is 26.9. The van der Waals surface area contributed by atoms with E-state index in [-0.39, 0.29) is 23.6 Å². The lowest BCUT2D eigenvalue weighted by atomic mass is 10.1. The number of anilines is 2. The first-order valence-corrected chi connectivity index (χ1v) is 12.6. The highest BCUT2D eigenvalue weighted by atomic mass is 19.4. The molecule has 0 spiro atoms. The fourth-order valence-electron chi connectivity index (χ4n) is 4.86. The van der Waals surface area contributed by atoms with Crippen molar-refractivity contribution in [2.24, 2.45) is 5.73 Å². The van der Waals surface area contributed by atoms with Crippen molar-refractivity contribution >= 4 is 28.6 Å². The average molecular weight is 527 g/mol. The molecule has 1 saturated carbocycles. The largest absolute Gasteiger partial charge is 0.416 e. The number of halogens is 3. The van der Waals surface area contributed by atoms with Gasteiger partial charge in [0, 0.05) is 41.7 Å². The van der Waals surface area contributed by atoms with Crippen molar-refractivity contribution in [2.75, 3.05) is 18.4 Å². The lowest BCUT2D eigenvalue weighted by Crippen LogP contribution is -2.28. The number of nitrogens with two attached hydrogens (primary N) is 1. The van der Waals surface area contributed by atoms with Gasteiger partial charge in [-0.1, -0.05) is 12.8 Å². The zero-order valence-corrected chi connectivity index (χ0v) is 20.9. The van der Waals surface area contributed by atoms with E-state index in [0.29, 0.717) is 47.6 Å². The summed E-state index contributed by atoms with van der Waals surface area (Å²) in [5.74, 6) is -0.0759. The molecule has 38 heavy (non-hydrogen) atoms. The van der Waals surface area contributed by atoms with Crippen LogP contribution in [0.25, 0.3) is 16.7 Å². The van der Waals surface area contributed by atoms with E-state index in [0.717, 1.165) is 37.8 Å². The molecule has 0 bridgehead atoms. The van der Waals surface area contributed by atoms with Crippen molar-refractivity contribution < 1.29 is 18.0 Å². The maximum Gasteiger partial charge on any atom is 0.416 e. The Labute approximate surface area is 217 Å². The second-order valence-corrected chi connectivity index (χ2v) is 9.52. The second-order valence-electron chi connectivity index (χ2n) is 9.52. The summed E-state index contributed by atoms with van der Waals surface area (Å²) >= 11 is 0. The molecule has 1 fully saturated rings. The van der Waals surface area contributed by atoms with Gasteiger partial charge in [0.15, 0.2) is 0 Å². The molecule has 0 atom stereocenters. The molecule has 1 aliphatic rings. The molecular formula is C26H29F3N8O. The minimum Gasteiger partial charge on any atom is -0.351 e. The monoisotopic (exact) mass is 526 g/mol. The number of imidazole rings is 1. The number of hydrogen-bond acceptors (Lipinski definition) is 6. The van der Waals surface area contributed by atoms with Gasteiger partial charge < -0.3 is 25.5 Å². The van der Waals surface area contributed by atoms with Gasteiger partial charge in [-0.2, -0.15) is 18.2 Å². The third-order valence-electron chi connectivity index (χ3n) is 6.68. The van der Waals surface area contributed by atoms with Crippen LogP contribution in [0.4, 0.5) is 24.8 Å². The number of fused-ring (bicyclic) bond motifs is 1. The number of carbonyl (C=O) groups excluding carboxylic acids is 1. The van der Waals surface area contributed by atoms with E-state index < -0.39 is 11.7 Å². The van der Waals surface area contributed by atoms with E-state index in [1.807, 2.05) is 4.57 Å². The molecule has 1 aliphatic carbocycles. The van der Waals surface area contributed by atoms with Crippen molar-refractivity contribution in [3.05, 3.63) is 59.9 Å². The van der Waals surface area contributed by atoms with Gasteiger partial charge in [0.05, 0.1) is 17.6 Å². The Kier molecular flexibility index (Phi) is 7.06. The van der Waals surface area contributed by atoms with E-state index >= 15 is 0 Å². The highest BCUT2D eigenvalue weighted by molar-refractivity contribution is 5.98. The fraction of sp³-hybridized carbons (Fsp3) is 0.385. The Morgan fingerprint density at radius 1 is 1.16 bits per heavy atom. The smallest absolute Gasteiger partial charge is 0.351 e. The van der Waals surface area contributed by atoms with Crippen LogP contribution >= 0.6 is 0 Å². The standard InChI is InChI=1S/C26H29F3N8O/c1-16-14-36(15-33-16)21-11-18(26(27,28)29)10-19(12-21)34-25-32-13-17-9-22(24(38)31-8-4-7-30)37(23(17)35-25)20-5-2-3-6-20/h9-15,20H,2-8,30H2,1H3,(H,31,38)(H,32,34,35). The maximum absolute atomic E-state index is 13.7. The van der Waals surface area contributed by atoms with E-state index in [9.17, 15) is 18.0 Å². The number of amides is 1. The van der Waals surface area contributed by atoms with Crippen LogP contribution in [0.2, 0.25) is 0 Å². The van der Waals surface area contributed by atoms with Gasteiger partial charge in [-0.25, -0.2) is 9.97 Å². The third-order valence-corrected chi connectivity index (χ3v) is 6.68. The molecule has 0 aliphatic heterocycles. The van der Waals surface area contributed by atoms with Crippen molar-refractivity contribution in [3.63, 3.8) is 0 Å². The number of nitrogens with zero attached hydrogens (tertiary/aromatic N) is 5. The van der Waals surface area contributed by atoms with E-state index in [2.05, 4.69) is 25.6 Å². The summed E-state index contributed by atoms with van der Waals surface area (Å²) in [6, 6.07) is 5.54. The van der Waals surface area contributed by atoms with Crippen LogP contribution in [-0.4, -0.2) is 43.1 Å². The van der Waals surface area contributed by atoms with Crippen LogP contribution in [0.5, 0.6) is 0 Å². The lowest BCUT2D eigenvalue weighted by Gasteiger charge is -2.17. The lowest BCUT2D eigenvalue weighted by molar-refractivity contribution is -0.137. The molecule has 4 N–H and O–H groups in total. The molecule has 4 aromatic rings. The van der Waals surface area contributed by atoms with Crippen LogP contribution in [-0.2, 0) is 6.18 Å². The van der Waals surface area contributed by atoms with Crippen LogP contribution in [0.3, 0.4) is 0 Å². The first-order chi connectivity index (χ1) is 18.2. The summed E-state index contributed by atoms with van der Waals surface area (Å²) in [6.45, 7) is 2.71. The Balaban J connectivity index is 1.53. The molecule has 1 amide bonds. The summed E-state index contributed by atoms with van der Waals surface area (Å²) in [5.41, 5.74) is 6.96. The maximum atomic E-state index is 13.7. The summed E-state index contributed by atoms with van der Waals surface area (Å²) in [7, 11) is 0. The first kappa shape index (κ1) is 25.7. The van der Waals surface area contributed by atoms with Gasteiger partial charge >= 0.3 is 6.18 Å². The predicted molar refractivity (Wildman–Crippen MR) is 138 cm³/mol. The molecule has 3 aromatic heterocycles. The molecule has 200 valence electrons. The number of alkyl halides is 3. The molecule has 3 heterocycles. The minimum absolute atomic E-state index is 0.107. The predicted octanol–water partition coefficient (Wildman–Crippen LogP) is 4.88. The van der Waals surface area contributed by atoms with Crippen molar-refractivity contribution in [1.29, 1.82) is 0 Å². The topological polar surface area (TPSA) is 116 Å². The normalized spacial score (nSPS) is 14.3. The van der Waals surface area contributed by atoms with Crippen LogP contribution in [0, 0.1) is 6.92 Å². The second kappa shape index (κ2) is 10.4. The van der Waals surface area contributed by atoms with E-state index in [1.54, 1.807) is 31.5 Å². The van der Waals surface area contributed by atoms with Crippen LogP contribution in [0.1, 0.15) is 59.9 Å². The SMILES string of the molecule is Cc1cn(-c2cc(Nc3ncc4cc(C(=O)NCCCN)n(C5CCCC5)c4n3)cc(C(F)(F)F)c2)cn1. The first-order valence-electron chi connectivity index (χ1n) is 12.6. The Bertz CT molecular complexity index is 1450. The van der Waals surface area contributed by atoms with Gasteiger partial charge in [0.2, 0.25) is 5.95 Å². The number of hydrogen-bond donors (Lipinski definition) is 3. The Morgan fingerprint density at radius 3 is 2.63 bits per heavy atom. The third kappa shape index (κ3) is 5.35. The highest BCUT2D eigenvalue weighted by Crippen LogP contribution is 2.36. The van der Waals surface area contributed by atoms with Gasteiger partial charge in [-0.15, -0.1) is 0 Å². The number of nitrogens with one attached hydrogen (secondary N) is 2. The van der Waals surface area contributed by atoms with Crippen molar-refractivity contribution in [1.82, 2.24) is 29.4 Å². The van der Waals surface area contributed by atoms with E-state index in [1.165, 1.54) is 10.9 Å². The summed E-state index contributed by atoms with van der Waals surface area (Å²) in [5, 5.41) is 6.53. The van der Waals surface area contributed by atoms with Gasteiger partial charge in [-0.3, -0.25) is 4.79 Å². The summed E-state index contributed by atoms with van der Waals surface area (Å²) in [4.78, 5) is 26.1. The van der Waals surface area contributed by atoms with Crippen molar-refractivity contribution in [2.45, 2.75) is 51.2 Å². The molecule has 1 aromatic carbocycles. The van der Waals surface area contributed by atoms with Gasteiger partial charge in [0.25, 0.3) is 5.91 Å². The molecule has 5 rings (SSSR count). The molecule has 9 nitrogen and oxygen atoms in total. The van der Waals surface area contributed by atoms with Crippen LogP contribution in [0.15, 0.2) is 43.0 Å². The minimum atomic E-state index is -4.55. The average Bonchev–Trinajstić information content (AvgIpc) is 3.63.